The number of piperidine rings is 1. The van der Waals surface area contributed by atoms with Gasteiger partial charge in [-0.15, -0.1) is 0 Å². The van der Waals surface area contributed by atoms with Crippen molar-refractivity contribution in [2.45, 2.75) is 75.2 Å². The number of H-pyrrole nitrogens is 1. The summed E-state index contributed by atoms with van der Waals surface area (Å²) in [6.45, 7) is 8.58. The SMILES string of the molecule is CCOC(=O)[C@H]1C[C@@H](CCn2cnc(=N)c3[nH]c(Sc4cc5c(cc4Br)OCO5)nc32)CCN1C(=O)OC(C)(C)C. The molecule has 4 heterocycles. The van der Waals surface area contributed by atoms with Crippen molar-refractivity contribution in [3.8, 4) is 11.5 Å². The van der Waals surface area contributed by atoms with Crippen LogP contribution < -0.4 is 15.0 Å². The first-order valence-corrected chi connectivity index (χ1v) is 15.1. The summed E-state index contributed by atoms with van der Waals surface area (Å²) in [5.41, 5.74) is 0.605. The summed E-state index contributed by atoms with van der Waals surface area (Å²) in [5, 5.41) is 8.92. The molecule has 1 amide bonds. The van der Waals surface area contributed by atoms with Gasteiger partial charge >= 0.3 is 12.1 Å². The van der Waals surface area contributed by atoms with E-state index in [4.69, 9.17) is 29.3 Å². The molecular formula is C27H33BrN6O6S. The lowest BCUT2D eigenvalue weighted by Crippen LogP contribution is -2.52. The van der Waals surface area contributed by atoms with E-state index in [1.165, 1.54) is 16.7 Å². The molecule has 2 aliphatic rings. The van der Waals surface area contributed by atoms with Crippen molar-refractivity contribution in [3.63, 3.8) is 0 Å². The number of fused-ring (bicyclic) bond motifs is 2. The Balaban J connectivity index is 1.30. The molecule has 0 aliphatic carbocycles. The number of nitrogens with one attached hydrogen (secondary N) is 2. The normalized spacial score (nSPS) is 18.5. The second-order valence-electron chi connectivity index (χ2n) is 10.9. The number of aromatic nitrogens is 4. The number of aromatic amines is 1. The van der Waals surface area contributed by atoms with Gasteiger partial charge in [-0.25, -0.2) is 19.6 Å². The van der Waals surface area contributed by atoms with E-state index < -0.39 is 23.7 Å². The molecule has 1 fully saturated rings. The predicted molar refractivity (Wildman–Crippen MR) is 153 cm³/mol. The minimum atomic E-state index is -0.698. The lowest BCUT2D eigenvalue weighted by atomic mass is 9.88. The molecule has 0 saturated carbocycles. The van der Waals surface area contributed by atoms with Crippen molar-refractivity contribution < 1.29 is 28.5 Å². The maximum atomic E-state index is 12.8. The smallest absolute Gasteiger partial charge is 0.411 e. The van der Waals surface area contributed by atoms with Crippen LogP contribution in [0.4, 0.5) is 4.79 Å². The van der Waals surface area contributed by atoms with Gasteiger partial charge in [-0.3, -0.25) is 10.3 Å². The van der Waals surface area contributed by atoms with Gasteiger partial charge in [0, 0.05) is 22.5 Å². The Labute approximate surface area is 249 Å². The molecule has 14 heteroatoms. The zero-order chi connectivity index (χ0) is 29.3. The van der Waals surface area contributed by atoms with Crippen molar-refractivity contribution in [1.29, 1.82) is 5.41 Å². The number of nitrogens with zero attached hydrogens (tertiary/aromatic N) is 4. The molecule has 2 N–H and O–H groups in total. The van der Waals surface area contributed by atoms with Gasteiger partial charge in [0.2, 0.25) is 6.79 Å². The Kier molecular flexibility index (Phi) is 8.50. The molecule has 41 heavy (non-hydrogen) atoms. The summed E-state index contributed by atoms with van der Waals surface area (Å²) in [7, 11) is 0. The van der Waals surface area contributed by atoms with Gasteiger partial charge < -0.3 is 28.5 Å². The first-order valence-electron chi connectivity index (χ1n) is 13.5. The Hall–Kier alpha value is -3.26. The van der Waals surface area contributed by atoms with E-state index in [1.807, 2.05) is 16.7 Å². The molecule has 2 aliphatic heterocycles. The minimum Gasteiger partial charge on any atom is -0.464 e. The van der Waals surface area contributed by atoms with Gasteiger partial charge in [-0.2, -0.15) is 0 Å². The van der Waals surface area contributed by atoms with Crippen LogP contribution in [0.3, 0.4) is 0 Å². The van der Waals surface area contributed by atoms with Crippen LogP contribution >= 0.6 is 27.7 Å². The van der Waals surface area contributed by atoms with E-state index in [0.29, 0.717) is 47.3 Å². The first kappa shape index (κ1) is 29.2. The van der Waals surface area contributed by atoms with Crippen LogP contribution in [0.1, 0.15) is 47.0 Å². The van der Waals surface area contributed by atoms with Gasteiger partial charge in [0.25, 0.3) is 0 Å². The van der Waals surface area contributed by atoms with Crippen LogP contribution in [0.25, 0.3) is 11.2 Å². The number of rotatable bonds is 7. The summed E-state index contributed by atoms with van der Waals surface area (Å²) >= 11 is 4.99. The summed E-state index contributed by atoms with van der Waals surface area (Å²) < 4.78 is 24.6. The molecule has 0 spiro atoms. The highest BCUT2D eigenvalue weighted by atomic mass is 79.9. The minimum absolute atomic E-state index is 0.105. The van der Waals surface area contributed by atoms with Crippen molar-refractivity contribution in [3.05, 3.63) is 28.4 Å². The highest BCUT2D eigenvalue weighted by Crippen LogP contribution is 2.42. The number of likely N-dealkylation sites (tertiary alicyclic amines) is 1. The Morgan fingerprint density at radius 3 is 2.76 bits per heavy atom. The standard InChI is InChI=1S/C27H33BrN6O6S/c1-5-37-24(35)17-10-15(7-9-34(17)26(36)40-27(2,3)4)6-8-33-13-30-22(29)21-23(33)32-25(31-21)41-20-12-19-18(11-16(20)28)38-14-39-19/h11-13,15,17,29H,5-10,14H2,1-4H3,(H,31,32)/t15-,17+/m0/s1. The van der Waals surface area contributed by atoms with E-state index in [-0.39, 0.29) is 24.8 Å². The Morgan fingerprint density at radius 1 is 1.27 bits per heavy atom. The maximum Gasteiger partial charge on any atom is 0.411 e. The van der Waals surface area contributed by atoms with Gasteiger partial charge in [-0.05, 0) is 80.9 Å². The van der Waals surface area contributed by atoms with Crippen LogP contribution in [-0.2, 0) is 20.8 Å². The number of benzene rings is 1. The lowest BCUT2D eigenvalue weighted by molar-refractivity contribution is -0.151. The second kappa shape index (κ2) is 11.9. The predicted octanol–water partition coefficient (Wildman–Crippen LogP) is 4.85. The number of amides is 1. The molecular weight excluding hydrogens is 616 g/mol. The van der Waals surface area contributed by atoms with E-state index in [9.17, 15) is 9.59 Å². The molecule has 5 rings (SSSR count). The monoisotopic (exact) mass is 648 g/mol. The Morgan fingerprint density at radius 2 is 2.02 bits per heavy atom. The third kappa shape index (κ3) is 6.64. The third-order valence-corrected chi connectivity index (χ3v) is 8.67. The topological polar surface area (TPSA) is 145 Å². The van der Waals surface area contributed by atoms with Crippen molar-refractivity contribution in [2.24, 2.45) is 5.92 Å². The molecule has 220 valence electrons. The number of halogens is 1. The fraction of sp³-hybridized carbons (Fsp3) is 0.519. The molecule has 0 radical (unpaired) electrons. The molecule has 1 saturated heterocycles. The van der Waals surface area contributed by atoms with Crippen LogP contribution in [0.2, 0.25) is 0 Å². The molecule has 0 unspecified atom stereocenters. The molecule has 2 atom stereocenters. The van der Waals surface area contributed by atoms with Gasteiger partial charge in [0.15, 0.2) is 27.8 Å². The summed E-state index contributed by atoms with van der Waals surface area (Å²) in [6.07, 6.45) is 3.05. The summed E-state index contributed by atoms with van der Waals surface area (Å²) in [5.74, 6) is 1.10. The number of carbonyl (C=O) groups excluding carboxylic acids is 2. The quantitative estimate of drug-likeness (QED) is 0.343. The second-order valence-corrected chi connectivity index (χ2v) is 12.8. The number of imidazole rings is 1. The molecule has 3 aromatic rings. The molecule has 12 nitrogen and oxygen atoms in total. The largest absolute Gasteiger partial charge is 0.464 e. The lowest BCUT2D eigenvalue weighted by Gasteiger charge is -2.38. The zero-order valence-electron chi connectivity index (χ0n) is 23.4. The number of ether oxygens (including phenoxy) is 4. The molecule has 1 aromatic carbocycles. The Bertz CT molecular complexity index is 1520. The van der Waals surface area contributed by atoms with Gasteiger partial charge in [0.05, 0.1) is 12.9 Å². The fourth-order valence-electron chi connectivity index (χ4n) is 4.88. The third-order valence-electron chi connectivity index (χ3n) is 6.81. The van der Waals surface area contributed by atoms with Crippen LogP contribution in [-0.4, -0.2) is 68.1 Å². The molecule has 2 aromatic heterocycles. The van der Waals surface area contributed by atoms with Gasteiger partial charge in [0.1, 0.15) is 17.2 Å². The number of esters is 1. The highest BCUT2D eigenvalue weighted by molar-refractivity contribution is 9.10. The number of hydrogen-bond acceptors (Lipinski definition) is 10. The van der Waals surface area contributed by atoms with Crippen molar-refractivity contribution >= 4 is 50.9 Å². The maximum absolute atomic E-state index is 12.8. The van der Waals surface area contributed by atoms with E-state index >= 15 is 0 Å². The van der Waals surface area contributed by atoms with Crippen LogP contribution in [0, 0.1) is 11.3 Å². The van der Waals surface area contributed by atoms with E-state index in [2.05, 4.69) is 25.9 Å². The van der Waals surface area contributed by atoms with Crippen molar-refractivity contribution in [1.82, 2.24) is 24.4 Å². The fourth-order valence-corrected chi connectivity index (χ4v) is 6.26. The number of hydrogen-bond donors (Lipinski definition) is 2. The number of carbonyl (C=O) groups is 2. The zero-order valence-corrected chi connectivity index (χ0v) is 25.8. The van der Waals surface area contributed by atoms with E-state index in [1.54, 1.807) is 34.0 Å². The molecule has 0 bridgehead atoms. The average molecular weight is 650 g/mol. The van der Waals surface area contributed by atoms with Crippen LogP contribution in [0.5, 0.6) is 11.5 Å². The highest BCUT2D eigenvalue weighted by Gasteiger charge is 2.39. The summed E-state index contributed by atoms with van der Waals surface area (Å²) in [4.78, 5) is 40.3. The van der Waals surface area contributed by atoms with Crippen molar-refractivity contribution in [2.75, 3.05) is 19.9 Å². The van der Waals surface area contributed by atoms with Gasteiger partial charge in [-0.1, -0.05) is 11.8 Å². The van der Waals surface area contributed by atoms with E-state index in [0.717, 1.165) is 22.2 Å². The number of aryl methyl sites for hydroxylation is 1. The first-order chi connectivity index (χ1) is 19.5. The summed E-state index contributed by atoms with van der Waals surface area (Å²) in [6, 6.07) is 3.06. The van der Waals surface area contributed by atoms with Crippen LogP contribution in [0.15, 0.2) is 33.0 Å². The average Bonchev–Trinajstić information content (AvgIpc) is 3.55.